The van der Waals surface area contributed by atoms with Gasteiger partial charge in [-0.25, -0.2) is 0 Å². The zero-order chi connectivity index (χ0) is 13.0. The van der Waals surface area contributed by atoms with Gasteiger partial charge in [-0.15, -0.1) is 5.10 Å². The maximum Gasteiger partial charge on any atom is 0.271 e. The summed E-state index contributed by atoms with van der Waals surface area (Å²) in [6, 6.07) is 0. The molecule has 2 heterocycles. The number of nitrogen functional groups attached to an aromatic ring is 1. The van der Waals surface area contributed by atoms with Crippen molar-refractivity contribution in [2.45, 2.75) is 13.0 Å². The van der Waals surface area contributed by atoms with Crippen molar-refractivity contribution in [2.24, 2.45) is 7.05 Å². The Hall–Kier alpha value is -2.38. The molecule has 0 spiro atoms. The predicted molar refractivity (Wildman–Crippen MR) is 64.6 cm³/mol. The van der Waals surface area contributed by atoms with Gasteiger partial charge in [0, 0.05) is 26.3 Å². The van der Waals surface area contributed by atoms with Crippen LogP contribution in [-0.2, 0) is 13.6 Å². The van der Waals surface area contributed by atoms with Crippen LogP contribution in [0.2, 0.25) is 0 Å². The summed E-state index contributed by atoms with van der Waals surface area (Å²) < 4.78 is 3.17. The van der Waals surface area contributed by atoms with Gasteiger partial charge in [-0.3, -0.25) is 14.2 Å². The molecule has 96 valence electrons. The molecule has 0 radical (unpaired) electrons. The van der Waals surface area contributed by atoms with Crippen molar-refractivity contribution in [2.75, 3.05) is 12.3 Å². The van der Waals surface area contributed by atoms with Crippen molar-refractivity contribution in [3.05, 3.63) is 24.3 Å². The second-order valence-corrected chi connectivity index (χ2v) is 3.85. The van der Waals surface area contributed by atoms with Gasteiger partial charge in [0.2, 0.25) is 0 Å². The Morgan fingerprint density at radius 3 is 3.00 bits per heavy atom. The molecule has 8 heteroatoms. The molecule has 3 N–H and O–H groups in total. The van der Waals surface area contributed by atoms with Crippen LogP contribution in [-0.4, -0.2) is 37.2 Å². The fourth-order valence-electron chi connectivity index (χ4n) is 1.61. The van der Waals surface area contributed by atoms with Crippen molar-refractivity contribution < 1.29 is 4.79 Å². The molecule has 0 saturated carbocycles. The first-order valence-corrected chi connectivity index (χ1v) is 5.58. The number of nitrogens with two attached hydrogens (primary N) is 1. The molecule has 0 aromatic carbocycles. The minimum Gasteiger partial charge on any atom is -0.396 e. The summed E-state index contributed by atoms with van der Waals surface area (Å²) >= 11 is 0. The number of rotatable bonds is 5. The molecule has 0 saturated heterocycles. The number of hydrogen-bond donors (Lipinski definition) is 2. The van der Waals surface area contributed by atoms with E-state index in [1.165, 1.54) is 10.9 Å². The lowest BCUT2D eigenvalue weighted by Crippen LogP contribution is -2.28. The van der Waals surface area contributed by atoms with Gasteiger partial charge < -0.3 is 11.1 Å². The van der Waals surface area contributed by atoms with Gasteiger partial charge in [-0.05, 0) is 6.42 Å². The topological polar surface area (TPSA) is 104 Å². The molecule has 0 aliphatic rings. The third-order valence-electron chi connectivity index (χ3n) is 2.50. The van der Waals surface area contributed by atoms with E-state index in [1.807, 2.05) is 0 Å². The molecule has 0 unspecified atom stereocenters. The Balaban J connectivity index is 1.79. The first-order valence-electron chi connectivity index (χ1n) is 5.58. The van der Waals surface area contributed by atoms with Gasteiger partial charge in [0.1, 0.15) is 5.69 Å². The number of amides is 1. The van der Waals surface area contributed by atoms with E-state index in [0.29, 0.717) is 24.5 Å². The molecule has 18 heavy (non-hydrogen) atoms. The Labute approximate surface area is 104 Å². The quantitative estimate of drug-likeness (QED) is 0.689. The van der Waals surface area contributed by atoms with E-state index in [-0.39, 0.29) is 5.91 Å². The Bertz CT molecular complexity index is 497. The van der Waals surface area contributed by atoms with Crippen molar-refractivity contribution in [3.63, 3.8) is 0 Å². The smallest absolute Gasteiger partial charge is 0.271 e. The van der Waals surface area contributed by atoms with Gasteiger partial charge in [-0.2, -0.15) is 5.10 Å². The molecular formula is C10H15N7O. The Morgan fingerprint density at radius 2 is 2.39 bits per heavy atom. The second kappa shape index (κ2) is 5.30. The van der Waals surface area contributed by atoms with Crippen molar-refractivity contribution in [3.8, 4) is 0 Å². The molecule has 0 fully saturated rings. The van der Waals surface area contributed by atoms with Crippen molar-refractivity contribution in [1.29, 1.82) is 0 Å². The van der Waals surface area contributed by atoms with Crippen LogP contribution in [0.5, 0.6) is 0 Å². The standard InChI is InChI=1S/C10H15N7O/c1-16-9(8(11)7-14-16)10(18)12-3-2-5-17-6-4-13-15-17/h4,6-7H,2-3,5,11H2,1H3,(H,12,18). The van der Waals surface area contributed by atoms with E-state index in [1.54, 1.807) is 24.1 Å². The lowest BCUT2D eigenvalue weighted by Gasteiger charge is -2.06. The predicted octanol–water partition coefficient (Wildman–Crippen LogP) is -0.586. The van der Waals surface area contributed by atoms with E-state index in [9.17, 15) is 4.79 Å². The second-order valence-electron chi connectivity index (χ2n) is 3.85. The number of nitrogens with one attached hydrogen (secondary N) is 1. The lowest BCUT2D eigenvalue weighted by atomic mass is 10.3. The largest absolute Gasteiger partial charge is 0.396 e. The van der Waals surface area contributed by atoms with E-state index in [2.05, 4.69) is 20.7 Å². The van der Waals surface area contributed by atoms with Gasteiger partial charge in [0.25, 0.3) is 5.91 Å². The highest BCUT2D eigenvalue weighted by Gasteiger charge is 2.13. The molecule has 2 aromatic rings. The highest BCUT2D eigenvalue weighted by Crippen LogP contribution is 2.08. The number of carbonyl (C=O) groups excluding carboxylic acids is 1. The minimum absolute atomic E-state index is 0.217. The van der Waals surface area contributed by atoms with Gasteiger partial charge >= 0.3 is 0 Å². The fourth-order valence-corrected chi connectivity index (χ4v) is 1.61. The summed E-state index contributed by atoms with van der Waals surface area (Å²) in [7, 11) is 1.68. The van der Waals surface area contributed by atoms with Crippen LogP contribution in [0.1, 0.15) is 16.9 Å². The zero-order valence-corrected chi connectivity index (χ0v) is 10.1. The summed E-state index contributed by atoms with van der Waals surface area (Å²) in [4.78, 5) is 11.8. The number of aryl methyl sites for hydroxylation is 2. The number of nitrogens with zero attached hydrogens (tertiary/aromatic N) is 5. The molecular weight excluding hydrogens is 234 g/mol. The van der Waals surface area contributed by atoms with Crippen LogP contribution in [0.4, 0.5) is 5.69 Å². The normalized spacial score (nSPS) is 10.5. The van der Waals surface area contributed by atoms with E-state index in [0.717, 1.165) is 6.42 Å². The van der Waals surface area contributed by atoms with E-state index >= 15 is 0 Å². The molecule has 0 atom stereocenters. The van der Waals surface area contributed by atoms with Gasteiger partial charge in [0.15, 0.2) is 0 Å². The van der Waals surface area contributed by atoms with Gasteiger partial charge in [0.05, 0.1) is 18.1 Å². The zero-order valence-electron chi connectivity index (χ0n) is 10.1. The first-order chi connectivity index (χ1) is 8.68. The summed E-state index contributed by atoms with van der Waals surface area (Å²) in [5.74, 6) is -0.217. The van der Waals surface area contributed by atoms with Crippen molar-refractivity contribution >= 4 is 11.6 Å². The van der Waals surface area contributed by atoms with Crippen LogP contribution in [0.15, 0.2) is 18.6 Å². The molecule has 0 aliphatic heterocycles. The average molecular weight is 249 g/mol. The molecule has 8 nitrogen and oxygen atoms in total. The fraction of sp³-hybridized carbons (Fsp3) is 0.400. The number of hydrogen-bond acceptors (Lipinski definition) is 5. The van der Waals surface area contributed by atoms with Crippen molar-refractivity contribution in [1.82, 2.24) is 30.1 Å². The molecule has 2 aromatic heterocycles. The van der Waals surface area contributed by atoms with Crippen LogP contribution < -0.4 is 11.1 Å². The molecule has 0 aliphatic carbocycles. The Kier molecular flexibility index (Phi) is 3.56. The average Bonchev–Trinajstić information content (AvgIpc) is 2.95. The summed E-state index contributed by atoms with van der Waals surface area (Å²) in [6.07, 6.45) is 5.63. The van der Waals surface area contributed by atoms with Crippen LogP contribution in [0.3, 0.4) is 0 Å². The lowest BCUT2D eigenvalue weighted by molar-refractivity contribution is 0.0944. The Morgan fingerprint density at radius 1 is 1.56 bits per heavy atom. The molecule has 2 rings (SSSR count). The van der Waals surface area contributed by atoms with Crippen LogP contribution in [0, 0.1) is 0 Å². The highest BCUT2D eigenvalue weighted by atomic mass is 16.2. The molecule has 0 bridgehead atoms. The monoisotopic (exact) mass is 249 g/mol. The van der Waals surface area contributed by atoms with Crippen LogP contribution >= 0.6 is 0 Å². The maximum absolute atomic E-state index is 11.8. The van der Waals surface area contributed by atoms with E-state index in [4.69, 9.17) is 5.73 Å². The number of aromatic nitrogens is 5. The SMILES string of the molecule is Cn1ncc(N)c1C(=O)NCCCn1ccnn1. The number of carbonyl (C=O) groups is 1. The third-order valence-corrected chi connectivity index (χ3v) is 2.50. The minimum atomic E-state index is -0.217. The summed E-state index contributed by atoms with van der Waals surface area (Å²) in [6.45, 7) is 1.25. The maximum atomic E-state index is 11.8. The van der Waals surface area contributed by atoms with Gasteiger partial charge in [-0.1, -0.05) is 5.21 Å². The first kappa shape index (κ1) is 12.1. The molecule has 1 amide bonds. The van der Waals surface area contributed by atoms with Crippen LogP contribution in [0.25, 0.3) is 0 Å². The highest BCUT2D eigenvalue weighted by molar-refractivity contribution is 5.97. The number of anilines is 1. The van der Waals surface area contributed by atoms with E-state index < -0.39 is 0 Å². The summed E-state index contributed by atoms with van der Waals surface area (Å²) in [5, 5.41) is 14.2. The third kappa shape index (κ3) is 2.65. The summed E-state index contributed by atoms with van der Waals surface area (Å²) in [5.41, 5.74) is 6.42.